The van der Waals surface area contributed by atoms with Crippen LogP contribution in [-0.4, -0.2) is 63.8 Å². The number of aromatic nitrogens is 4. The Morgan fingerprint density at radius 3 is 2.59 bits per heavy atom. The first kappa shape index (κ1) is 22.0. The summed E-state index contributed by atoms with van der Waals surface area (Å²) in [6.07, 6.45) is 1.71. The zero-order chi connectivity index (χ0) is 24.0. The molecule has 1 aliphatic heterocycles. The second kappa shape index (κ2) is 8.49. The predicted octanol–water partition coefficient (Wildman–Crippen LogP) is 1.77. The Bertz CT molecular complexity index is 1470. The van der Waals surface area contributed by atoms with E-state index in [1.165, 1.54) is 17.8 Å². The van der Waals surface area contributed by atoms with Gasteiger partial charge in [-0.25, -0.2) is 9.37 Å². The molecule has 0 radical (unpaired) electrons. The summed E-state index contributed by atoms with van der Waals surface area (Å²) in [5.74, 6) is -1.60. The molecule has 4 aromatic rings. The summed E-state index contributed by atoms with van der Waals surface area (Å²) in [6.45, 7) is 2.60. The summed E-state index contributed by atoms with van der Waals surface area (Å²) in [7, 11) is 3.18. The highest BCUT2D eigenvalue weighted by Gasteiger charge is 2.23. The molecule has 3 aromatic heterocycles. The molecule has 1 saturated heterocycles. The number of hydrogen-bond donors (Lipinski definition) is 2. The minimum absolute atomic E-state index is 0.0239. The van der Waals surface area contributed by atoms with Crippen molar-refractivity contribution in [2.24, 2.45) is 7.05 Å². The third-order valence-electron chi connectivity index (χ3n) is 6.19. The van der Waals surface area contributed by atoms with Crippen molar-refractivity contribution in [3.8, 4) is 0 Å². The monoisotopic (exact) mass is 467 g/mol. The molecule has 1 aliphatic rings. The number of rotatable bonds is 4. The maximum Gasteiger partial charge on any atom is 0.276 e. The summed E-state index contributed by atoms with van der Waals surface area (Å²) >= 11 is 0. The van der Waals surface area contributed by atoms with Crippen LogP contribution in [-0.2, 0) is 13.6 Å². The highest BCUT2D eigenvalue weighted by atomic mass is 19.1. The molecule has 0 bridgehead atoms. The number of amides is 1. The Hall–Kier alpha value is -3.86. The van der Waals surface area contributed by atoms with Gasteiger partial charge in [-0.1, -0.05) is 12.1 Å². The predicted molar refractivity (Wildman–Crippen MR) is 124 cm³/mol. The van der Waals surface area contributed by atoms with E-state index in [4.69, 9.17) is 0 Å². The standard InChI is InChI=1S/C23H23F2N7O2/c1-26-22(33)16-5-6-17(21(25)27-16)32-9-7-31(8-10-32)11-13-3-4-14-15-12-30(2)29-20(15)23(34)28-19(14)18(13)24/h3-6,12H,7-11H2,1-2H3,(H,26,33)(H,28,34). The van der Waals surface area contributed by atoms with Gasteiger partial charge in [-0.3, -0.25) is 19.2 Å². The van der Waals surface area contributed by atoms with E-state index < -0.39 is 23.2 Å². The number of H-pyrrole nitrogens is 1. The lowest BCUT2D eigenvalue weighted by Crippen LogP contribution is -2.46. The maximum absolute atomic E-state index is 15.3. The zero-order valence-electron chi connectivity index (χ0n) is 18.7. The van der Waals surface area contributed by atoms with Crippen molar-refractivity contribution in [1.82, 2.24) is 30.0 Å². The topological polar surface area (TPSA) is 99.1 Å². The van der Waals surface area contributed by atoms with Crippen LogP contribution in [0.4, 0.5) is 14.5 Å². The number of fused-ring (bicyclic) bond motifs is 3. The first-order valence-electron chi connectivity index (χ1n) is 10.9. The second-order valence-electron chi connectivity index (χ2n) is 8.33. The van der Waals surface area contributed by atoms with Crippen LogP contribution in [0.3, 0.4) is 0 Å². The summed E-state index contributed by atoms with van der Waals surface area (Å²) in [5.41, 5.74) is 0.862. The number of aryl methyl sites for hydroxylation is 1. The highest BCUT2D eigenvalue weighted by molar-refractivity contribution is 6.04. The van der Waals surface area contributed by atoms with Crippen LogP contribution in [0, 0.1) is 11.8 Å². The normalized spacial score (nSPS) is 14.8. The Balaban J connectivity index is 1.32. The first-order valence-corrected chi connectivity index (χ1v) is 10.9. The van der Waals surface area contributed by atoms with Crippen LogP contribution >= 0.6 is 0 Å². The van der Waals surface area contributed by atoms with Gasteiger partial charge in [0.15, 0.2) is 11.3 Å². The molecule has 1 amide bonds. The van der Waals surface area contributed by atoms with E-state index in [1.807, 2.05) is 4.90 Å². The maximum atomic E-state index is 15.3. The molecule has 0 unspecified atom stereocenters. The molecular formula is C23H23F2N7O2. The van der Waals surface area contributed by atoms with E-state index in [1.54, 1.807) is 31.4 Å². The quantitative estimate of drug-likeness (QED) is 0.444. The van der Waals surface area contributed by atoms with Crippen LogP contribution in [0.2, 0.25) is 0 Å². The molecule has 2 N–H and O–H groups in total. The van der Waals surface area contributed by atoms with Gasteiger partial charge in [0, 0.05) is 69.4 Å². The molecule has 0 saturated carbocycles. The molecule has 1 fully saturated rings. The molecule has 11 heteroatoms. The molecule has 0 aliphatic carbocycles. The van der Waals surface area contributed by atoms with E-state index in [9.17, 15) is 14.0 Å². The van der Waals surface area contributed by atoms with E-state index in [-0.39, 0.29) is 16.7 Å². The molecule has 34 heavy (non-hydrogen) atoms. The molecule has 0 atom stereocenters. The van der Waals surface area contributed by atoms with Crippen molar-refractivity contribution < 1.29 is 13.6 Å². The molecule has 0 spiro atoms. The number of pyridine rings is 2. The third kappa shape index (κ3) is 3.77. The Morgan fingerprint density at radius 1 is 1.12 bits per heavy atom. The van der Waals surface area contributed by atoms with Crippen LogP contribution in [0.1, 0.15) is 16.1 Å². The lowest BCUT2D eigenvalue weighted by Gasteiger charge is -2.36. The fraction of sp³-hybridized carbons (Fsp3) is 0.304. The number of piperazine rings is 1. The fourth-order valence-electron chi connectivity index (χ4n) is 4.42. The van der Waals surface area contributed by atoms with Crippen molar-refractivity contribution in [3.05, 3.63) is 63.8 Å². The number of carbonyl (C=O) groups is 1. The molecule has 9 nitrogen and oxygen atoms in total. The van der Waals surface area contributed by atoms with Gasteiger partial charge in [0.05, 0.1) is 11.2 Å². The molecule has 1 aromatic carbocycles. The van der Waals surface area contributed by atoms with Crippen LogP contribution < -0.4 is 15.8 Å². The number of carbonyl (C=O) groups excluding carboxylic acids is 1. The SMILES string of the molecule is CNC(=O)c1ccc(N2CCN(Cc3ccc4c([nH]c(=O)c5nn(C)cc54)c3F)CC2)c(F)n1. The number of nitrogens with one attached hydrogen (secondary N) is 2. The number of benzene rings is 1. The Labute approximate surface area is 193 Å². The van der Waals surface area contributed by atoms with E-state index in [0.29, 0.717) is 54.7 Å². The van der Waals surface area contributed by atoms with Crippen molar-refractivity contribution in [2.75, 3.05) is 38.1 Å². The number of anilines is 1. The first-order chi connectivity index (χ1) is 16.4. The zero-order valence-corrected chi connectivity index (χ0v) is 18.7. The average Bonchev–Trinajstić information content (AvgIpc) is 3.24. The second-order valence-corrected chi connectivity index (χ2v) is 8.33. The molecule has 5 rings (SSSR count). The van der Waals surface area contributed by atoms with E-state index >= 15 is 4.39 Å². The van der Waals surface area contributed by atoms with Gasteiger partial charge in [0.25, 0.3) is 11.5 Å². The van der Waals surface area contributed by atoms with Gasteiger partial charge in [-0.15, -0.1) is 0 Å². The van der Waals surface area contributed by atoms with Gasteiger partial charge in [-0.05, 0) is 12.1 Å². The Kier molecular flexibility index (Phi) is 5.48. The number of aromatic amines is 1. The molecule has 176 valence electrons. The van der Waals surface area contributed by atoms with Crippen molar-refractivity contribution in [1.29, 1.82) is 0 Å². The van der Waals surface area contributed by atoms with Crippen LogP contribution in [0.5, 0.6) is 0 Å². The summed E-state index contributed by atoms with van der Waals surface area (Å²) in [6, 6.07) is 6.59. The third-order valence-corrected chi connectivity index (χ3v) is 6.19. The summed E-state index contributed by atoms with van der Waals surface area (Å²) in [4.78, 5) is 34.3. The smallest absolute Gasteiger partial charge is 0.276 e. The lowest BCUT2D eigenvalue weighted by atomic mass is 10.1. The molecule has 4 heterocycles. The fourth-order valence-corrected chi connectivity index (χ4v) is 4.42. The van der Waals surface area contributed by atoms with Crippen molar-refractivity contribution >= 4 is 33.4 Å². The number of halogens is 2. The van der Waals surface area contributed by atoms with Gasteiger partial charge in [-0.2, -0.15) is 9.49 Å². The average molecular weight is 467 g/mol. The van der Waals surface area contributed by atoms with Gasteiger partial charge in [0.2, 0.25) is 5.95 Å². The molecular weight excluding hydrogens is 444 g/mol. The van der Waals surface area contributed by atoms with E-state index in [2.05, 4.69) is 25.3 Å². The highest BCUT2D eigenvalue weighted by Crippen LogP contribution is 2.26. The lowest BCUT2D eigenvalue weighted by molar-refractivity contribution is 0.0957. The van der Waals surface area contributed by atoms with Crippen LogP contribution in [0.15, 0.2) is 35.3 Å². The largest absolute Gasteiger partial charge is 0.365 e. The minimum Gasteiger partial charge on any atom is -0.365 e. The summed E-state index contributed by atoms with van der Waals surface area (Å²) in [5, 5.41) is 7.79. The Morgan fingerprint density at radius 2 is 1.88 bits per heavy atom. The number of nitrogens with zero attached hydrogens (tertiary/aromatic N) is 5. The van der Waals surface area contributed by atoms with E-state index in [0.717, 1.165) is 0 Å². The summed E-state index contributed by atoms with van der Waals surface area (Å²) < 4.78 is 31.4. The minimum atomic E-state index is -0.694. The van der Waals surface area contributed by atoms with Gasteiger partial charge >= 0.3 is 0 Å². The van der Waals surface area contributed by atoms with Crippen molar-refractivity contribution in [2.45, 2.75) is 6.54 Å². The number of hydrogen-bond acceptors (Lipinski definition) is 6. The van der Waals surface area contributed by atoms with Gasteiger partial charge in [0.1, 0.15) is 5.69 Å². The van der Waals surface area contributed by atoms with Crippen molar-refractivity contribution in [3.63, 3.8) is 0 Å². The van der Waals surface area contributed by atoms with Crippen LogP contribution in [0.25, 0.3) is 21.8 Å². The van der Waals surface area contributed by atoms with Gasteiger partial charge < -0.3 is 15.2 Å².